The van der Waals surface area contributed by atoms with Crippen LogP contribution in [0.5, 0.6) is 0 Å². The molecule has 4 rings (SSSR count). The summed E-state index contributed by atoms with van der Waals surface area (Å²) in [5, 5.41) is 5.23. The van der Waals surface area contributed by atoms with E-state index in [0.717, 1.165) is 64.7 Å². The molecule has 8 heteroatoms. The average molecular weight is 521 g/mol. The van der Waals surface area contributed by atoms with Gasteiger partial charge in [-0.25, -0.2) is 4.98 Å². The number of piperidine rings is 1. The second-order valence-electron chi connectivity index (χ2n) is 7.08. The molecule has 1 aliphatic carbocycles. The summed E-state index contributed by atoms with van der Waals surface area (Å²) >= 11 is 7.74. The number of aromatic nitrogens is 1. The van der Waals surface area contributed by atoms with Crippen molar-refractivity contribution in [2.24, 2.45) is 10.9 Å². The monoisotopic (exact) mass is 520 g/mol. The van der Waals surface area contributed by atoms with E-state index in [-0.39, 0.29) is 24.0 Å². The van der Waals surface area contributed by atoms with Crippen LogP contribution in [-0.4, -0.2) is 48.7 Å². The summed E-state index contributed by atoms with van der Waals surface area (Å²) in [6, 6.07) is 5.85. The van der Waals surface area contributed by atoms with Gasteiger partial charge < -0.3 is 15.0 Å². The Kier molecular flexibility index (Phi) is 7.58. The van der Waals surface area contributed by atoms with Crippen LogP contribution in [0.15, 0.2) is 23.2 Å². The maximum atomic E-state index is 6.05. The summed E-state index contributed by atoms with van der Waals surface area (Å²) in [6.07, 6.45) is 5.28. The molecule has 0 bridgehead atoms. The SMILES string of the molecule is CN=C(NCc1nc2cc(Cl)ccc2s1)N1CCC(OCC2CC2)CC1.I. The number of nitrogens with zero attached hydrogens (tertiary/aromatic N) is 3. The van der Waals surface area contributed by atoms with Crippen LogP contribution in [0.3, 0.4) is 0 Å². The van der Waals surface area contributed by atoms with E-state index >= 15 is 0 Å². The largest absolute Gasteiger partial charge is 0.378 e. The molecular weight excluding hydrogens is 495 g/mol. The van der Waals surface area contributed by atoms with Crippen molar-refractivity contribution >= 4 is 63.1 Å². The predicted octanol–water partition coefficient (Wildman–Crippen LogP) is 4.53. The van der Waals surface area contributed by atoms with Crippen LogP contribution < -0.4 is 5.32 Å². The number of halogens is 2. The zero-order valence-corrected chi connectivity index (χ0v) is 19.4. The van der Waals surface area contributed by atoms with Gasteiger partial charge in [0.1, 0.15) is 5.01 Å². The number of guanidine groups is 1. The van der Waals surface area contributed by atoms with Crippen molar-refractivity contribution in [2.75, 3.05) is 26.7 Å². The summed E-state index contributed by atoms with van der Waals surface area (Å²) in [5.41, 5.74) is 0.961. The van der Waals surface area contributed by atoms with Gasteiger partial charge in [0.05, 0.1) is 22.9 Å². The van der Waals surface area contributed by atoms with Crippen molar-refractivity contribution in [1.29, 1.82) is 0 Å². The highest BCUT2D eigenvalue weighted by molar-refractivity contribution is 14.0. The number of hydrogen-bond donors (Lipinski definition) is 1. The minimum Gasteiger partial charge on any atom is -0.378 e. The van der Waals surface area contributed by atoms with Gasteiger partial charge >= 0.3 is 0 Å². The number of ether oxygens (including phenoxy) is 1. The molecule has 5 nitrogen and oxygen atoms in total. The van der Waals surface area contributed by atoms with E-state index in [1.807, 2.05) is 25.2 Å². The molecule has 148 valence electrons. The second-order valence-corrected chi connectivity index (χ2v) is 8.64. The third kappa shape index (κ3) is 5.68. The van der Waals surface area contributed by atoms with Crippen LogP contribution in [0.2, 0.25) is 5.02 Å². The highest BCUT2D eigenvalue weighted by Gasteiger charge is 2.26. The maximum absolute atomic E-state index is 6.05. The van der Waals surface area contributed by atoms with E-state index in [1.54, 1.807) is 11.3 Å². The molecular formula is C19H26ClIN4OS. The molecule has 1 saturated carbocycles. The Balaban J connectivity index is 0.00000210. The lowest BCUT2D eigenvalue weighted by Crippen LogP contribution is -2.46. The summed E-state index contributed by atoms with van der Waals surface area (Å²) in [6.45, 7) is 3.62. The normalized spacial score (nSPS) is 18.6. The standard InChI is InChI=1S/C19H25ClN4OS.HI/c1-21-19(24-8-6-15(7-9-24)25-12-13-2-3-13)22-11-18-23-16-10-14(20)4-5-17(16)26-18;/h4-5,10,13,15H,2-3,6-9,11-12H2,1H3,(H,21,22);1H. The fourth-order valence-corrected chi connectivity index (χ4v) is 4.36. The first-order valence-electron chi connectivity index (χ1n) is 9.33. The van der Waals surface area contributed by atoms with Crippen LogP contribution in [0.4, 0.5) is 0 Å². The molecule has 1 aromatic heterocycles. The van der Waals surface area contributed by atoms with E-state index in [2.05, 4.69) is 20.2 Å². The second kappa shape index (κ2) is 9.71. The highest BCUT2D eigenvalue weighted by atomic mass is 127. The first-order chi connectivity index (χ1) is 12.7. The van der Waals surface area contributed by atoms with Crippen LogP contribution in [-0.2, 0) is 11.3 Å². The third-order valence-electron chi connectivity index (χ3n) is 5.01. The summed E-state index contributed by atoms with van der Waals surface area (Å²) in [4.78, 5) is 11.4. The maximum Gasteiger partial charge on any atom is 0.193 e. The Labute approximate surface area is 186 Å². The lowest BCUT2D eigenvalue weighted by molar-refractivity contribution is 0.0131. The Morgan fingerprint density at radius 2 is 2.11 bits per heavy atom. The molecule has 0 amide bonds. The number of likely N-dealkylation sites (tertiary alicyclic amines) is 1. The number of hydrogen-bond acceptors (Lipinski definition) is 4. The van der Waals surface area contributed by atoms with Crippen molar-refractivity contribution in [3.63, 3.8) is 0 Å². The van der Waals surface area contributed by atoms with E-state index in [0.29, 0.717) is 12.6 Å². The van der Waals surface area contributed by atoms with Gasteiger partial charge in [-0.05, 0) is 49.8 Å². The number of aliphatic imine (C=N–C) groups is 1. The Hall–Kier alpha value is -0.640. The third-order valence-corrected chi connectivity index (χ3v) is 6.28. The predicted molar refractivity (Wildman–Crippen MR) is 124 cm³/mol. The molecule has 2 fully saturated rings. The van der Waals surface area contributed by atoms with Gasteiger partial charge in [0.25, 0.3) is 0 Å². The van der Waals surface area contributed by atoms with Crippen molar-refractivity contribution < 1.29 is 4.74 Å². The first kappa shape index (κ1) is 21.1. The number of fused-ring (bicyclic) bond motifs is 1. The molecule has 1 aromatic carbocycles. The number of rotatable bonds is 5. The molecule has 0 radical (unpaired) electrons. The molecule has 0 spiro atoms. The fourth-order valence-electron chi connectivity index (χ4n) is 3.30. The Morgan fingerprint density at radius 1 is 1.33 bits per heavy atom. The van der Waals surface area contributed by atoms with Gasteiger partial charge in [-0.1, -0.05) is 11.6 Å². The number of benzene rings is 1. The first-order valence-corrected chi connectivity index (χ1v) is 10.5. The molecule has 2 aromatic rings. The van der Waals surface area contributed by atoms with Crippen LogP contribution in [0, 0.1) is 5.92 Å². The average Bonchev–Trinajstić information content (AvgIpc) is 3.40. The molecule has 2 aliphatic rings. The molecule has 1 saturated heterocycles. The van der Waals surface area contributed by atoms with Gasteiger partial charge in [-0.15, -0.1) is 35.3 Å². The van der Waals surface area contributed by atoms with Crippen molar-refractivity contribution in [3.05, 3.63) is 28.2 Å². The minimum atomic E-state index is 0. The summed E-state index contributed by atoms with van der Waals surface area (Å²) < 4.78 is 7.20. The molecule has 2 heterocycles. The quantitative estimate of drug-likeness (QED) is 0.357. The Morgan fingerprint density at radius 3 is 2.81 bits per heavy atom. The van der Waals surface area contributed by atoms with Crippen molar-refractivity contribution in [3.8, 4) is 0 Å². The highest BCUT2D eigenvalue weighted by Crippen LogP contribution is 2.30. The lowest BCUT2D eigenvalue weighted by Gasteiger charge is -2.34. The van der Waals surface area contributed by atoms with E-state index in [9.17, 15) is 0 Å². The molecule has 1 aliphatic heterocycles. The topological polar surface area (TPSA) is 49.8 Å². The van der Waals surface area contributed by atoms with E-state index < -0.39 is 0 Å². The Bertz CT molecular complexity index is 787. The van der Waals surface area contributed by atoms with Crippen LogP contribution >= 0.6 is 46.9 Å². The lowest BCUT2D eigenvalue weighted by atomic mass is 10.1. The summed E-state index contributed by atoms with van der Waals surface area (Å²) in [7, 11) is 1.84. The number of thiazole rings is 1. The van der Waals surface area contributed by atoms with Gasteiger partial charge in [0.15, 0.2) is 5.96 Å². The summed E-state index contributed by atoms with van der Waals surface area (Å²) in [5.74, 6) is 1.79. The smallest absolute Gasteiger partial charge is 0.193 e. The van der Waals surface area contributed by atoms with Crippen LogP contribution in [0.25, 0.3) is 10.2 Å². The molecule has 27 heavy (non-hydrogen) atoms. The van der Waals surface area contributed by atoms with E-state index in [4.69, 9.17) is 16.3 Å². The van der Waals surface area contributed by atoms with E-state index in [1.165, 1.54) is 12.8 Å². The van der Waals surface area contributed by atoms with Gasteiger partial charge in [0, 0.05) is 31.8 Å². The van der Waals surface area contributed by atoms with Gasteiger partial charge in [-0.2, -0.15) is 0 Å². The minimum absolute atomic E-state index is 0. The zero-order chi connectivity index (χ0) is 17.9. The zero-order valence-electron chi connectivity index (χ0n) is 15.5. The van der Waals surface area contributed by atoms with Gasteiger partial charge in [0.2, 0.25) is 0 Å². The van der Waals surface area contributed by atoms with Crippen molar-refractivity contribution in [2.45, 2.75) is 38.3 Å². The molecule has 0 atom stereocenters. The van der Waals surface area contributed by atoms with Gasteiger partial charge in [-0.3, -0.25) is 4.99 Å². The molecule has 1 N–H and O–H groups in total. The van der Waals surface area contributed by atoms with Crippen LogP contribution in [0.1, 0.15) is 30.7 Å². The number of nitrogens with one attached hydrogen (secondary N) is 1. The van der Waals surface area contributed by atoms with Crippen molar-refractivity contribution in [1.82, 2.24) is 15.2 Å². The fraction of sp³-hybridized carbons (Fsp3) is 0.579. The molecule has 0 unspecified atom stereocenters.